The third-order valence-electron chi connectivity index (χ3n) is 2.60. The Hall–Kier alpha value is -1.15. The van der Waals surface area contributed by atoms with Gasteiger partial charge in [-0.3, -0.25) is 0 Å². The summed E-state index contributed by atoms with van der Waals surface area (Å²) in [5, 5.41) is 3.51. The van der Waals surface area contributed by atoms with Gasteiger partial charge in [-0.1, -0.05) is 29.8 Å². The molecule has 2 aromatic rings. The van der Waals surface area contributed by atoms with Crippen molar-refractivity contribution in [1.82, 2.24) is 0 Å². The van der Waals surface area contributed by atoms with Crippen molar-refractivity contribution >= 4 is 39.9 Å². The number of alkyl halides is 3. The lowest BCUT2D eigenvalue weighted by atomic mass is 10.2. The molecule has 0 saturated carbocycles. The minimum absolute atomic E-state index is 0.173. The van der Waals surface area contributed by atoms with Crippen LogP contribution in [-0.2, 0) is 6.54 Å². The summed E-state index contributed by atoms with van der Waals surface area (Å²) in [6, 6.07) is 11.4. The number of anilines is 1. The van der Waals surface area contributed by atoms with Crippen molar-refractivity contribution in [3.63, 3.8) is 0 Å². The monoisotopic (exact) mass is 427 g/mol. The molecule has 0 unspecified atom stereocenters. The molecule has 0 fully saturated rings. The second kappa shape index (κ2) is 6.74. The van der Waals surface area contributed by atoms with Gasteiger partial charge in [-0.05, 0) is 46.9 Å². The summed E-state index contributed by atoms with van der Waals surface area (Å²) in [6.45, 7) is 0.173. The van der Waals surface area contributed by atoms with Crippen molar-refractivity contribution in [2.24, 2.45) is 0 Å². The van der Waals surface area contributed by atoms with Crippen LogP contribution in [0.15, 0.2) is 42.5 Å². The zero-order valence-electron chi connectivity index (χ0n) is 10.5. The summed E-state index contributed by atoms with van der Waals surface area (Å²) in [7, 11) is 0. The third kappa shape index (κ3) is 4.96. The number of ether oxygens (including phenoxy) is 1. The molecule has 2 aromatic carbocycles. The van der Waals surface area contributed by atoms with Crippen LogP contribution in [0.1, 0.15) is 5.56 Å². The lowest BCUT2D eigenvalue weighted by Crippen LogP contribution is -2.18. The second-order valence-corrected chi connectivity index (χ2v) is 5.79. The smallest absolute Gasteiger partial charge is 0.405 e. The van der Waals surface area contributed by atoms with Gasteiger partial charge >= 0.3 is 6.36 Å². The Morgan fingerprint density at radius 2 is 1.86 bits per heavy atom. The fourth-order valence-corrected chi connectivity index (χ4v) is 2.62. The highest BCUT2D eigenvalue weighted by atomic mass is 127. The molecule has 0 bridgehead atoms. The molecule has 0 aliphatic rings. The van der Waals surface area contributed by atoms with E-state index in [1.165, 1.54) is 12.1 Å². The fourth-order valence-electron chi connectivity index (χ4n) is 1.70. The molecule has 21 heavy (non-hydrogen) atoms. The molecule has 1 N–H and O–H groups in total. The average molecular weight is 428 g/mol. The van der Waals surface area contributed by atoms with E-state index in [2.05, 4.69) is 32.6 Å². The molecule has 2 nitrogen and oxygen atoms in total. The summed E-state index contributed by atoms with van der Waals surface area (Å²) in [5.41, 5.74) is 1.04. The molecule has 0 atom stereocenters. The van der Waals surface area contributed by atoms with Gasteiger partial charge in [-0.15, -0.1) is 13.2 Å². The van der Waals surface area contributed by atoms with Crippen LogP contribution < -0.4 is 10.1 Å². The largest absolute Gasteiger partial charge is 0.573 e. The molecule has 0 aromatic heterocycles. The van der Waals surface area contributed by atoms with Crippen molar-refractivity contribution in [2.45, 2.75) is 12.9 Å². The summed E-state index contributed by atoms with van der Waals surface area (Å²) >= 11 is 8.19. The molecular formula is C14H10ClF3INO. The van der Waals surface area contributed by atoms with Crippen LogP contribution in [-0.4, -0.2) is 6.36 Å². The highest BCUT2D eigenvalue weighted by Crippen LogP contribution is 2.28. The number of hydrogen-bond acceptors (Lipinski definition) is 2. The van der Waals surface area contributed by atoms with Gasteiger partial charge in [0.15, 0.2) is 0 Å². The average Bonchev–Trinajstić information content (AvgIpc) is 2.37. The van der Waals surface area contributed by atoms with E-state index in [4.69, 9.17) is 11.6 Å². The molecule has 2 rings (SSSR count). The maximum atomic E-state index is 12.3. The van der Waals surface area contributed by atoms with Gasteiger partial charge < -0.3 is 10.1 Å². The minimum Gasteiger partial charge on any atom is -0.405 e. The lowest BCUT2D eigenvalue weighted by Gasteiger charge is -2.14. The van der Waals surface area contributed by atoms with E-state index in [-0.39, 0.29) is 12.3 Å². The van der Waals surface area contributed by atoms with E-state index >= 15 is 0 Å². The number of benzene rings is 2. The topological polar surface area (TPSA) is 21.3 Å². The van der Waals surface area contributed by atoms with E-state index in [1.807, 2.05) is 6.07 Å². The number of halogens is 5. The quantitative estimate of drug-likeness (QED) is 0.655. The first-order chi connectivity index (χ1) is 9.85. The van der Waals surface area contributed by atoms with Crippen molar-refractivity contribution < 1.29 is 17.9 Å². The van der Waals surface area contributed by atoms with Gasteiger partial charge in [0.25, 0.3) is 0 Å². The third-order valence-corrected chi connectivity index (χ3v) is 3.58. The molecule has 0 radical (unpaired) electrons. The van der Waals surface area contributed by atoms with Crippen molar-refractivity contribution in [3.05, 3.63) is 56.6 Å². The summed E-state index contributed by atoms with van der Waals surface area (Å²) in [4.78, 5) is 0. The van der Waals surface area contributed by atoms with Gasteiger partial charge in [-0.25, -0.2) is 0 Å². The Balaban J connectivity index is 2.13. The molecular weight excluding hydrogens is 418 g/mol. The minimum atomic E-state index is -4.71. The van der Waals surface area contributed by atoms with E-state index < -0.39 is 6.36 Å². The van der Waals surface area contributed by atoms with Crippen molar-refractivity contribution in [3.8, 4) is 5.75 Å². The lowest BCUT2D eigenvalue weighted by molar-refractivity contribution is -0.274. The maximum absolute atomic E-state index is 12.3. The molecule has 7 heteroatoms. The van der Waals surface area contributed by atoms with E-state index in [0.29, 0.717) is 16.3 Å². The van der Waals surface area contributed by atoms with Crippen LogP contribution in [0.5, 0.6) is 5.75 Å². The van der Waals surface area contributed by atoms with E-state index in [0.717, 1.165) is 3.57 Å². The summed E-state index contributed by atoms with van der Waals surface area (Å²) in [6.07, 6.45) is -4.71. The molecule has 0 amide bonds. The molecule has 112 valence electrons. The number of hydrogen-bond donors (Lipinski definition) is 1. The predicted octanol–water partition coefficient (Wildman–Crippen LogP) is 5.46. The first-order valence-corrected chi connectivity index (χ1v) is 7.33. The zero-order chi connectivity index (χ0) is 15.5. The van der Waals surface area contributed by atoms with Gasteiger partial charge in [0.05, 0.1) is 10.7 Å². The van der Waals surface area contributed by atoms with Crippen LogP contribution in [0.4, 0.5) is 18.9 Å². The van der Waals surface area contributed by atoms with Crippen molar-refractivity contribution in [2.75, 3.05) is 5.32 Å². The Labute approximate surface area is 138 Å². The van der Waals surface area contributed by atoms with Crippen LogP contribution in [0.3, 0.4) is 0 Å². The fraction of sp³-hybridized carbons (Fsp3) is 0.143. The molecule has 0 heterocycles. The highest BCUT2D eigenvalue weighted by molar-refractivity contribution is 14.1. The van der Waals surface area contributed by atoms with E-state index in [9.17, 15) is 13.2 Å². The van der Waals surface area contributed by atoms with Crippen LogP contribution in [0, 0.1) is 3.57 Å². The Morgan fingerprint density at radius 3 is 2.52 bits per heavy atom. The summed E-state index contributed by atoms with van der Waals surface area (Å²) < 4.78 is 42.0. The molecule has 0 aliphatic heterocycles. The van der Waals surface area contributed by atoms with Gasteiger partial charge in [-0.2, -0.15) is 0 Å². The number of para-hydroxylation sites is 1. The van der Waals surface area contributed by atoms with Gasteiger partial charge in [0, 0.05) is 15.7 Å². The number of rotatable bonds is 4. The van der Waals surface area contributed by atoms with Gasteiger partial charge in [0.2, 0.25) is 0 Å². The van der Waals surface area contributed by atoms with Crippen LogP contribution >= 0.6 is 34.2 Å². The highest BCUT2D eigenvalue weighted by Gasteiger charge is 2.31. The first-order valence-electron chi connectivity index (χ1n) is 5.88. The second-order valence-electron chi connectivity index (χ2n) is 4.13. The van der Waals surface area contributed by atoms with Crippen LogP contribution in [0.2, 0.25) is 5.02 Å². The summed E-state index contributed by atoms with van der Waals surface area (Å²) in [5.74, 6) is -0.223. The first kappa shape index (κ1) is 16.2. The molecule has 0 aliphatic carbocycles. The Morgan fingerprint density at radius 1 is 1.14 bits per heavy atom. The Bertz CT molecular complexity index is 634. The number of nitrogens with one attached hydrogen (secondary N) is 1. The molecule has 0 saturated heterocycles. The van der Waals surface area contributed by atoms with Crippen molar-refractivity contribution in [1.29, 1.82) is 0 Å². The van der Waals surface area contributed by atoms with Gasteiger partial charge in [0.1, 0.15) is 5.75 Å². The predicted molar refractivity (Wildman–Crippen MR) is 84.6 cm³/mol. The molecule has 0 spiro atoms. The standard InChI is InChI=1S/C14H10ClF3INO/c15-11-7-10(19)5-6-12(11)20-8-9-3-1-2-4-13(9)21-14(16,17)18/h1-7,20H,8H2. The normalized spacial score (nSPS) is 11.3. The van der Waals surface area contributed by atoms with E-state index in [1.54, 1.807) is 24.3 Å². The maximum Gasteiger partial charge on any atom is 0.573 e. The van der Waals surface area contributed by atoms with Crippen LogP contribution in [0.25, 0.3) is 0 Å². The SMILES string of the molecule is FC(F)(F)Oc1ccccc1CNc1ccc(I)cc1Cl. The Kier molecular flexibility index (Phi) is 5.21. The zero-order valence-corrected chi connectivity index (χ0v) is 13.5.